The number of aliphatic hydroxyl groups excluding tert-OH is 1. The van der Waals surface area contributed by atoms with E-state index in [1.807, 2.05) is 31.2 Å². The van der Waals surface area contributed by atoms with E-state index in [2.05, 4.69) is 10.6 Å². The van der Waals surface area contributed by atoms with E-state index in [4.69, 9.17) is 10.2 Å². The number of aliphatic hydroxyl groups is 1. The van der Waals surface area contributed by atoms with Gasteiger partial charge in [0.05, 0.1) is 0 Å². The van der Waals surface area contributed by atoms with Crippen LogP contribution in [-0.2, 0) is 11.3 Å². The van der Waals surface area contributed by atoms with Crippen LogP contribution < -0.4 is 10.6 Å². The smallest absolute Gasteiger partial charge is 0.332 e. The number of benzene rings is 1. The summed E-state index contributed by atoms with van der Waals surface area (Å²) in [6.45, 7) is 2.46. The molecule has 1 aromatic rings. The zero-order valence-corrected chi connectivity index (χ0v) is 10.7. The van der Waals surface area contributed by atoms with E-state index in [0.717, 1.165) is 11.1 Å². The Morgan fingerprint density at radius 1 is 1.26 bits per heavy atom. The lowest BCUT2D eigenvalue weighted by atomic mass is 10.1. The Kier molecular flexibility index (Phi) is 5.81. The largest absolute Gasteiger partial charge is 0.479 e. The molecule has 0 saturated heterocycles. The third-order valence-corrected chi connectivity index (χ3v) is 2.69. The van der Waals surface area contributed by atoms with Crippen molar-refractivity contribution in [2.24, 2.45) is 0 Å². The van der Waals surface area contributed by atoms with Crippen LogP contribution in [0.1, 0.15) is 17.5 Å². The Bertz CT molecular complexity index is 448. The molecule has 0 fully saturated rings. The molecule has 1 unspecified atom stereocenters. The monoisotopic (exact) mass is 266 g/mol. The second-order valence-corrected chi connectivity index (χ2v) is 4.18. The van der Waals surface area contributed by atoms with Crippen molar-refractivity contribution in [3.63, 3.8) is 0 Å². The van der Waals surface area contributed by atoms with Gasteiger partial charge in [0, 0.05) is 19.5 Å². The van der Waals surface area contributed by atoms with Gasteiger partial charge in [0.25, 0.3) is 0 Å². The first-order valence-corrected chi connectivity index (χ1v) is 5.97. The SMILES string of the molecule is Cc1ccccc1CNC(=O)NCCC(O)C(=O)O. The number of carbonyl (C=O) groups is 2. The lowest BCUT2D eigenvalue weighted by molar-refractivity contribution is -0.146. The summed E-state index contributed by atoms with van der Waals surface area (Å²) in [4.78, 5) is 21.8. The Hall–Kier alpha value is -2.08. The molecule has 1 rings (SSSR count). The van der Waals surface area contributed by atoms with E-state index >= 15 is 0 Å². The maximum atomic E-state index is 11.4. The maximum absolute atomic E-state index is 11.4. The highest BCUT2D eigenvalue weighted by atomic mass is 16.4. The predicted octanol–water partition coefficient (Wildman–Crippen LogP) is 0.630. The number of amides is 2. The van der Waals surface area contributed by atoms with Gasteiger partial charge < -0.3 is 20.8 Å². The first-order chi connectivity index (χ1) is 9.00. The number of urea groups is 1. The normalized spacial score (nSPS) is 11.7. The van der Waals surface area contributed by atoms with E-state index in [9.17, 15) is 9.59 Å². The molecule has 6 nitrogen and oxygen atoms in total. The molecule has 0 radical (unpaired) electrons. The van der Waals surface area contributed by atoms with Gasteiger partial charge in [-0.1, -0.05) is 24.3 Å². The summed E-state index contributed by atoms with van der Waals surface area (Å²) in [5, 5.41) is 22.6. The molecule has 1 atom stereocenters. The Morgan fingerprint density at radius 2 is 1.95 bits per heavy atom. The molecule has 0 aliphatic carbocycles. The van der Waals surface area contributed by atoms with Crippen LogP contribution in [0.5, 0.6) is 0 Å². The second kappa shape index (κ2) is 7.38. The van der Waals surface area contributed by atoms with Crippen molar-refractivity contribution in [1.29, 1.82) is 0 Å². The van der Waals surface area contributed by atoms with Gasteiger partial charge in [-0.25, -0.2) is 9.59 Å². The highest BCUT2D eigenvalue weighted by Crippen LogP contribution is 2.05. The van der Waals surface area contributed by atoms with Gasteiger partial charge in [0.1, 0.15) is 0 Å². The summed E-state index contributed by atoms with van der Waals surface area (Å²) >= 11 is 0. The molecule has 0 heterocycles. The number of carboxylic acids is 1. The van der Waals surface area contributed by atoms with Crippen LogP contribution in [0.2, 0.25) is 0 Å². The highest BCUT2D eigenvalue weighted by Gasteiger charge is 2.12. The van der Waals surface area contributed by atoms with Crippen LogP contribution in [0.25, 0.3) is 0 Å². The molecule has 0 aromatic heterocycles. The quantitative estimate of drug-likeness (QED) is 0.607. The summed E-state index contributed by atoms with van der Waals surface area (Å²) in [5.74, 6) is -1.29. The summed E-state index contributed by atoms with van der Waals surface area (Å²) in [5.41, 5.74) is 2.10. The molecule has 2 amide bonds. The van der Waals surface area contributed by atoms with Gasteiger partial charge in [0.2, 0.25) is 0 Å². The van der Waals surface area contributed by atoms with Crippen molar-refractivity contribution in [2.45, 2.75) is 26.0 Å². The van der Waals surface area contributed by atoms with E-state index in [1.54, 1.807) is 0 Å². The molecule has 0 saturated carbocycles. The average molecular weight is 266 g/mol. The number of hydrogen-bond donors (Lipinski definition) is 4. The van der Waals surface area contributed by atoms with Gasteiger partial charge in [0.15, 0.2) is 6.10 Å². The van der Waals surface area contributed by atoms with Gasteiger partial charge in [-0.05, 0) is 18.1 Å². The second-order valence-electron chi connectivity index (χ2n) is 4.18. The van der Waals surface area contributed by atoms with Crippen molar-refractivity contribution < 1.29 is 19.8 Å². The number of rotatable bonds is 6. The molecule has 4 N–H and O–H groups in total. The van der Waals surface area contributed by atoms with Crippen molar-refractivity contribution in [1.82, 2.24) is 10.6 Å². The minimum atomic E-state index is -1.45. The fraction of sp³-hybridized carbons (Fsp3) is 0.385. The number of aliphatic carboxylic acids is 1. The van der Waals surface area contributed by atoms with Gasteiger partial charge in [-0.15, -0.1) is 0 Å². The summed E-state index contributed by atoms with van der Waals surface area (Å²) in [7, 11) is 0. The molecular formula is C13H18N2O4. The lowest BCUT2D eigenvalue weighted by Crippen LogP contribution is -2.37. The third-order valence-electron chi connectivity index (χ3n) is 2.69. The van der Waals surface area contributed by atoms with Crippen LogP contribution in [0.3, 0.4) is 0 Å². The molecule has 0 bridgehead atoms. The van der Waals surface area contributed by atoms with Crippen LogP contribution in [-0.4, -0.2) is 34.9 Å². The Morgan fingerprint density at radius 3 is 2.58 bits per heavy atom. The fourth-order valence-electron chi connectivity index (χ4n) is 1.49. The molecule has 104 valence electrons. The van der Waals surface area contributed by atoms with E-state index < -0.39 is 12.1 Å². The first-order valence-electron chi connectivity index (χ1n) is 5.97. The van der Waals surface area contributed by atoms with Crippen molar-refractivity contribution >= 4 is 12.0 Å². The minimum absolute atomic E-state index is 0.0207. The van der Waals surface area contributed by atoms with Crippen molar-refractivity contribution in [3.8, 4) is 0 Å². The standard InChI is InChI=1S/C13H18N2O4/c1-9-4-2-3-5-10(9)8-15-13(19)14-7-6-11(16)12(17)18/h2-5,11,16H,6-8H2,1H3,(H,17,18)(H2,14,15,19). The van der Waals surface area contributed by atoms with E-state index in [-0.39, 0.29) is 19.0 Å². The van der Waals surface area contributed by atoms with Crippen LogP contribution in [0.4, 0.5) is 4.79 Å². The number of nitrogens with one attached hydrogen (secondary N) is 2. The lowest BCUT2D eigenvalue weighted by Gasteiger charge is -2.10. The molecule has 1 aromatic carbocycles. The molecule has 0 spiro atoms. The van der Waals surface area contributed by atoms with Gasteiger partial charge in [-0.3, -0.25) is 0 Å². The predicted molar refractivity (Wildman–Crippen MR) is 69.7 cm³/mol. The highest BCUT2D eigenvalue weighted by molar-refractivity contribution is 5.74. The topological polar surface area (TPSA) is 98.7 Å². The molecular weight excluding hydrogens is 248 g/mol. The zero-order valence-electron chi connectivity index (χ0n) is 10.7. The summed E-state index contributed by atoms with van der Waals surface area (Å²) in [6.07, 6.45) is -1.47. The maximum Gasteiger partial charge on any atom is 0.332 e. The molecule has 6 heteroatoms. The first kappa shape index (κ1) is 15.0. The van der Waals surface area contributed by atoms with Crippen LogP contribution in [0.15, 0.2) is 24.3 Å². The number of carbonyl (C=O) groups excluding carboxylic acids is 1. The summed E-state index contributed by atoms with van der Waals surface area (Å²) < 4.78 is 0. The van der Waals surface area contributed by atoms with Gasteiger partial charge in [-0.2, -0.15) is 0 Å². The van der Waals surface area contributed by atoms with Gasteiger partial charge >= 0.3 is 12.0 Å². The van der Waals surface area contributed by atoms with E-state index in [1.165, 1.54) is 0 Å². The molecule has 19 heavy (non-hydrogen) atoms. The fourth-order valence-corrected chi connectivity index (χ4v) is 1.49. The number of aryl methyl sites for hydroxylation is 1. The Balaban J connectivity index is 2.25. The number of carboxylic acid groups (broad SMARTS) is 1. The average Bonchev–Trinajstić information content (AvgIpc) is 2.37. The minimum Gasteiger partial charge on any atom is -0.479 e. The Labute approximate surface area is 111 Å². The third kappa shape index (κ3) is 5.39. The molecule has 0 aliphatic heterocycles. The van der Waals surface area contributed by atoms with Crippen molar-refractivity contribution in [3.05, 3.63) is 35.4 Å². The van der Waals surface area contributed by atoms with Crippen molar-refractivity contribution in [2.75, 3.05) is 6.54 Å². The zero-order chi connectivity index (χ0) is 14.3. The van der Waals surface area contributed by atoms with E-state index in [0.29, 0.717) is 6.54 Å². The van der Waals surface area contributed by atoms with Crippen LogP contribution >= 0.6 is 0 Å². The number of hydrogen-bond acceptors (Lipinski definition) is 3. The van der Waals surface area contributed by atoms with Crippen LogP contribution in [0, 0.1) is 6.92 Å². The molecule has 0 aliphatic rings. The summed E-state index contributed by atoms with van der Waals surface area (Å²) in [6, 6.07) is 7.31.